The highest BCUT2D eigenvalue weighted by Gasteiger charge is 2.03. The van der Waals surface area contributed by atoms with E-state index in [1.807, 2.05) is 49.3 Å². The fourth-order valence-electron chi connectivity index (χ4n) is 2.15. The summed E-state index contributed by atoms with van der Waals surface area (Å²) in [5.41, 5.74) is 3.02. The van der Waals surface area contributed by atoms with E-state index >= 15 is 0 Å². The summed E-state index contributed by atoms with van der Waals surface area (Å²) in [7, 11) is 3.98. The van der Waals surface area contributed by atoms with Gasteiger partial charge in [-0.1, -0.05) is 24.3 Å². The van der Waals surface area contributed by atoms with Gasteiger partial charge in [0, 0.05) is 32.7 Å². The van der Waals surface area contributed by atoms with E-state index in [4.69, 9.17) is 0 Å². The minimum absolute atomic E-state index is 0.0269. The topological polar surface area (TPSA) is 32.3 Å². The summed E-state index contributed by atoms with van der Waals surface area (Å²) in [4.78, 5) is 13.9. The van der Waals surface area contributed by atoms with Crippen molar-refractivity contribution in [3.05, 3.63) is 65.5 Å². The Kier molecular flexibility index (Phi) is 5.53. The van der Waals surface area contributed by atoms with E-state index in [0.717, 1.165) is 16.8 Å². The number of anilines is 1. The van der Waals surface area contributed by atoms with E-state index in [-0.39, 0.29) is 11.7 Å². The first-order valence-corrected chi connectivity index (χ1v) is 7.32. The molecule has 22 heavy (non-hydrogen) atoms. The second-order valence-electron chi connectivity index (χ2n) is 5.47. The van der Waals surface area contributed by atoms with Gasteiger partial charge in [0.2, 0.25) is 5.91 Å². The first kappa shape index (κ1) is 16.0. The smallest absolute Gasteiger partial charge is 0.220 e. The number of amides is 1. The Hall–Kier alpha value is -2.36. The van der Waals surface area contributed by atoms with Crippen molar-refractivity contribution >= 4 is 11.6 Å². The second kappa shape index (κ2) is 7.59. The minimum Gasteiger partial charge on any atom is -0.378 e. The molecular formula is C18H21FN2O. The number of aryl methyl sites for hydroxylation is 1. The lowest BCUT2D eigenvalue weighted by molar-refractivity contribution is -0.121. The Balaban J connectivity index is 1.77. The van der Waals surface area contributed by atoms with E-state index in [2.05, 4.69) is 5.32 Å². The van der Waals surface area contributed by atoms with Crippen molar-refractivity contribution < 1.29 is 9.18 Å². The molecule has 0 atom stereocenters. The third kappa shape index (κ3) is 4.88. The van der Waals surface area contributed by atoms with Crippen LogP contribution in [0.2, 0.25) is 0 Å². The zero-order valence-electron chi connectivity index (χ0n) is 13.0. The molecule has 2 rings (SSSR count). The number of hydrogen-bond donors (Lipinski definition) is 1. The van der Waals surface area contributed by atoms with E-state index in [1.54, 1.807) is 6.07 Å². The molecule has 4 heteroatoms. The summed E-state index contributed by atoms with van der Waals surface area (Å²) >= 11 is 0. The van der Waals surface area contributed by atoms with Gasteiger partial charge in [0.1, 0.15) is 5.82 Å². The highest BCUT2D eigenvalue weighted by Crippen LogP contribution is 2.12. The van der Waals surface area contributed by atoms with Crippen LogP contribution in [0.5, 0.6) is 0 Å². The molecular weight excluding hydrogens is 279 g/mol. The minimum atomic E-state index is -0.265. The van der Waals surface area contributed by atoms with Crippen LogP contribution in [0.1, 0.15) is 17.5 Å². The predicted molar refractivity (Wildman–Crippen MR) is 87.3 cm³/mol. The van der Waals surface area contributed by atoms with E-state index in [1.165, 1.54) is 12.1 Å². The molecule has 1 N–H and O–H groups in total. The van der Waals surface area contributed by atoms with Gasteiger partial charge in [0.25, 0.3) is 0 Å². The van der Waals surface area contributed by atoms with Gasteiger partial charge in [-0.3, -0.25) is 4.79 Å². The quantitative estimate of drug-likeness (QED) is 0.889. The second-order valence-corrected chi connectivity index (χ2v) is 5.47. The molecule has 2 aromatic rings. The maximum absolute atomic E-state index is 13.0. The summed E-state index contributed by atoms with van der Waals surface area (Å²) in [6.45, 7) is 0.510. The van der Waals surface area contributed by atoms with Gasteiger partial charge in [0.05, 0.1) is 0 Å². The van der Waals surface area contributed by atoms with Gasteiger partial charge < -0.3 is 10.2 Å². The van der Waals surface area contributed by atoms with Crippen LogP contribution >= 0.6 is 0 Å². The normalized spacial score (nSPS) is 10.3. The maximum Gasteiger partial charge on any atom is 0.220 e. The molecule has 0 saturated heterocycles. The third-order valence-corrected chi connectivity index (χ3v) is 3.47. The summed E-state index contributed by atoms with van der Waals surface area (Å²) in [5, 5.41) is 2.89. The van der Waals surface area contributed by atoms with Crippen molar-refractivity contribution in [1.82, 2.24) is 5.32 Å². The van der Waals surface area contributed by atoms with E-state index in [0.29, 0.717) is 19.4 Å². The lowest BCUT2D eigenvalue weighted by Gasteiger charge is -2.13. The highest BCUT2D eigenvalue weighted by atomic mass is 19.1. The molecule has 0 fully saturated rings. The van der Waals surface area contributed by atoms with Crippen LogP contribution in [0.15, 0.2) is 48.5 Å². The average molecular weight is 300 g/mol. The zero-order chi connectivity index (χ0) is 15.9. The van der Waals surface area contributed by atoms with Crippen LogP contribution in [0.4, 0.5) is 10.1 Å². The first-order chi connectivity index (χ1) is 10.5. The summed E-state index contributed by atoms with van der Waals surface area (Å²) < 4.78 is 13.0. The Labute approximate surface area is 130 Å². The molecule has 0 spiro atoms. The number of halogens is 1. The third-order valence-electron chi connectivity index (χ3n) is 3.47. The lowest BCUT2D eigenvalue weighted by atomic mass is 10.1. The number of rotatable bonds is 6. The van der Waals surface area contributed by atoms with Crippen molar-refractivity contribution in [2.45, 2.75) is 19.4 Å². The molecule has 116 valence electrons. The Morgan fingerprint density at radius 1 is 1.09 bits per heavy atom. The number of carbonyl (C=O) groups is 1. The predicted octanol–water partition coefficient (Wildman–Crippen LogP) is 3.14. The van der Waals surface area contributed by atoms with Gasteiger partial charge >= 0.3 is 0 Å². The van der Waals surface area contributed by atoms with Gasteiger partial charge in [-0.25, -0.2) is 4.39 Å². The summed E-state index contributed by atoms with van der Waals surface area (Å²) in [6, 6.07) is 14.4. The van der Waals surface area contributed by atoms with Gasteiger partial charge in [0.15, 0.2) is 0 Å². The molecule has 0 aromatic heterocycles. The molecule has 0 aliphatic rings. The van der Waals surface area contributed by atoms with Crippen molar-refractivity contribution in [3.8, 4) is 0 Å². The number of nitrogens with zero attached hydrogens (tertiary/aromatic N) is 1. The zero-order valence-corrected chi connectivity index (χ0v) is 13.0. The van der Waals surface area contributed by atoms with Gasteiger partial charge in [-0.15, -0.1) is 0 Å². The van der Waals surface area contributed by atoms with Crippen LogP contribution in [0.25, 0.3) is 0 Å². The molecule has 3 nitrogen and oxygen atoms in total. The number of hydrogen-bond acceptors (Lipinski definition) is 2. The van der Waals surface area contributed by atoms with Gasteiger partial charge in [-0.05, 0) is 41.8 Å². The SMILES string of the molecule is CN(C)c1ccc(CNC(=O)CCc2cccc(F)c2)cc1. The van der Waals surface area contributed by atoms with E-state index < -0.39 is 0 Å². The molecule has 0 bridgehead atoms. The highest BCUT2D eigenvalue weighted by molar-refractivity contribution is 5.76. The van der Waals surface area contributed by atoms with Crippen LogP contribution in [0.3, 0.4) is 0 Å². The maximum atomic E-state index is 13.0. The van der Waals surface area contributed by atoms with Crippen LogP contribution in [-0.2, 0) is 17.8 Å². The van der Waals surface area contributed by atoms with Crippen LogP contribution < -0.4 is 10.2 Å². The largest absolute Gasteiger partial charge is 0.378 e. The van der Waals surface area contributed by atoms with Gasteiger partial charge in [-0.2, -0.15) is 0 Å². The van der Waals surface area contributed by atoms with Crippen molar-refractivity contribution in [3.63, 3.8) is 0 Å². The fraction of sp³-hybridized carbons (Fsp3) is 0.278. The molecule has 1 amide bonds. The van der Waals surface area contributed by atoms with Crippen LogP contribution in [-0.4, -0.2) is 20.0 Å². The van der Waals surface area contributed by atoms with Crippen LogP contribution in [0, 0.1) is 5.82 Å². The molecule has 0 unspecified atom stereocenters. The van der Waals surface area contributed by atoms with Crippen molar-refractivity contribution in [2.24, 2.45) is 0 Å². The molecule has 0 aliphatic carbocycles. The first-order valence-electron chi connectivity index (χ1n) is 7.32. The molecule has 0 radical (unpaired) electrons. The Morgan fingerprint density at radius 3 is 2.45 bits per heavy atom. The number of nitrogens with one attached hydrogen (secondary N) is 1. The summed E-state index contributed by atoms with van der Waals surface area (Å²) in [5.74, 6) is -0.292. The fourth-order valence-corrected chi connectivity index (χ4v) is 2.15. The number of carbonyl (C=O) groups excluding carboxylic acids is 1. The monoisotopic (exact) mass is 300 g/mol. The Morgan fingerprint density at radius 2 is 1.82 bits per heavy atom. The average Bonchev–Trinajstić information content (AvgIpc) is 2.51. The lowest BCUT2D eigenvalue weighted by Crippen LogP contribution is -2.23. The van der Waals surface area contributed by atoms with Crippen molar-refractivity contribution in [2.75, 3.05) is 19.0 Å². The van der Waals surface area contributed by atoms with E-state index in [9.17, 15) is 9.18 Å². The molecule has 0 saturated carbocycles. The van der Waals surface area contributed by atoms with Crippen molar-refractivity contribution in [1.29, 1.82) is 0 Å². The standard InChI is InChI=1S/C18H21FN2O/c1-21(2)17-9-6-15(7-10-17)13-20-18(22)11-8-14-4-3-5-16(19)12-14/h3-7,9-10,12H,8,11,13H2,1-2H3,(H,20,22). The number of benzene rings is 2. The molecule has 0 aliphatic heterocycles. The Bertz CT molecular complexity index is 623. The molecule has 2 aromatic carbocycles. The molecule has 0 heterocycles. The summed E-state index contributed by atoms with van der Waals surface area (Å²) in [6.07, 6.45) is 0.905.